The molecule has 96 valence electrons. The van der Waals surface area contributed by atoms with Crippen molar-refractivity contribution in [1.29, 1.82) is 0 Å². The predicted molar refractivity (Wildman–Crippen MR) is 53.9 cm³/mol. The molecule has 0 aliphatic heterocycles. The van der Waals surface area contributed by atoms with E-state index in [1.165, 1.54) is 7.05 Å². The molecule has 1 nitrogen and oxygen atoms in total. The van der Waals surface area contributed by atoms with Gasteiger partial charge >= 0.3 is 6.18 Å². The highest BCUT2D eigenvalue weighted by Crippen LogP contribution is 2.35. The lowest BCUT2D eigenvalue weighted by Gasteiger charge is -2.18. The van der Waals surface area contributed by atoms with Gasteiger partial charge in [-0.05, 0) is 19.2 Å². The Balaban J connectivity index is 2.98. The van der Waals surface area contributed by atoms with Crippen LogP contribution in [0.5, 0.6) is 0 Å². The van der Waals surface area contributed by atoms with E-state index in [1.807, 2.05) is 0 Å². The molecule has 0 saturated heterocycles. The fourth-order valence-electron chi connectivity index (χ4n) is 1.35. The van der Waals surface area contributed by atoms with Gasteiger partial charge < -0.3 is 5.32 Å². The summed E-state index contributed by atoms with van der Waals surface area (Å²) in [5, 5.41) is 2.54. The van der Waals surface area contributed by atoms with Gasteiger partial charge in [0.15, 0.2) is 0 Å². The molecular formula is C11H12F5N. The fraction of sp³-hybridized carbons (Fsp3) is 0.455. The zero-order valence-corrected chi connectivity index (χ0v) is 9.11. The van der Waals surface area contributed by atoms with E-state index in [-0.39, 0.29) is 6.54 Å². The molecule has 0 unspecified atom stereocenters. The van der Waals surface area contributed by atoms with E-state index < -0.39 is 29.6 Å². The van der Waals surface area contributed by atoms with Crippen LogP contribution in [-0.2, 0) is 12.1 Å². The van der Waals surface area contributed by atoms with Crippen LogP contribution < -0.4 is 5.32 Å². The van der Waals surface area contributed by atoms with Crippen molar-refractivity contribution in [3.05, 3.63) is 35.4 Å². The smallest absolute Gasteiger partial charge is 0.320 e. The molecule has 0 saturated carbocycles. The van der Waals surface area contributed by atoms with Crippen molar-refractivity contribution in [3.8, 4) is 0 Å². The molecular weight excluding hydrogens is 241 g/mol. The van der Waals surface area contributed by atoms with Crippen molar-refractivity contribution in [2.45, 2.75) is 18.5 Å². The maximum absolute atomic E-state index is 13.5. The van der Waals surface area contributed by atoms with Crippen LogP contribution in [0.25, 0.3) is 0 Å². The Hall–Kier alpha value is -1.17. The Kier molecular flexibility index (Phi) is 4.08. The highest BCUT2D eigenvalue weighted by molar-refractivity contribution is 5.28. The number of halogens is 5. The third-order valence-corrected chi connectivity index (χ3v) is 2.30. The molecule has 0 amide bonds. The standard InChI is InChI=1S/C11H12F5N/c1-17-6-5-10(12,13)8-3-2-4-9(7-8)11(14,15)16/h2-4,7,17H,5-6H2,1H3. The summed E-state index contributed by atoms with van der Waals surface area (Å²) in [6.45, 7) is 0.0310. The van der Waals surface area contributed by atoms with Gasteiger partial charge in [0.05, 0.1) is 5.56 Å². The maximum Gasteiger partial charge on any atom is 0.416 e. The molecule has 0 radical (unpaired) electrons. The van der Waals surface area contributed by atoms with Crippen LogP contribution in [0, 0.1) is 0 Å². The van der Waals surface area contributed by atoms with Crippen LogP contribution in [0.3, 0.4) is 0 Å². The summed E-state index contributed by atoms with van der Waals surface area (Å²) in [5.41, 5.74) is -1.67. The number of alkyl halides is 5. The number of benzene rings is 1. The lowest BCUT2D eigenvalue weighted by Crippen LogP contribution is -2.21. The summed E-state index contributed by atoms with van der Waals surface area (Å²) in [5.74, 6) is -3.26. The van der Waals surface area contributed by atoms with Gasteiger partial charge in [-0.25, -0.2) is 8.78 Å². The molecule has 1 N–H and O–H groups in total. The average molecular weight is 253 g/mol. The van der Waals surface area contributed by atoms with Gasteiger partial charge in [0, 0.05) is 18.5 Å². The predicted octanol–water partition coefficient (Wildman–Crippen LogP) is 3.41. The zero-order valence-electron chi connectivity index (χ0n) is 9.11. The molecule has 0 aromatic heterocycles. The van der Waals surface area contributed by atoms with Gasteiger partial charge in [0.2, 0.25) is 0 Å². The van der Waals surface area contributed by atoms with Crippen molar-refractivity contribution >= 4 is 0 Å². The Morgan fingerprint density at radius 3 is 2.18 bits per heavy atom. The summed E-state index contributed by atoms with van der Waals surface area (Å²) in [7, 11) is 1.50. The molecule has 0 spiro atoms. The van der Waals surface area contributed by atoms with Gasteiger partial charge in [0.1, 0.15) is 0 Å². The minimum absolute atomic E-state index is 0.0310. The monoisotopic (exact) mass is 253 g/mol. The second-order valence-electron chi connectivity index (χ2n) is 3.64. The summed E-state index contributed by atoms with van der Waals surface area (Å²) < 4.78 is 64.1. The normalized spacial score (nSPS) is 12.8. The summed E-state index contributed by atoms with van der Waals surface area (Å²) >= 11 is 0. The largest absolute Gasteiger partial charge is 0.416 e. The quantitative estimate of drug-likeness (QED) is 0.811. The van der Waals surface area contributed by atoms with Gasteiger partial charge in [-0.2, -0.15) is 13.2 Å². The average Bonchev–Trinajstić information content (AvgIpc) is 2.25. The van der Waals surface area contributed by atoms with Crippen LogP contribution in [0.15, 0.2) is 24.3 Å². The van der Waals surface area contributed by atoms with E-state index in [2.05, 4.69) is 5.32 Å². The van der Waals surface area contributed by atoms with E-state index in [0.717, 1.165) is 18.2 Å². The summed E-state index contributed by atoms with van der Waals surface area (Å²) in [4.78, 5) is 0. The molecule has 0 fully saturated rings. The fourth-order valence-corrected chi connectivity index (χ4v) is 1.35. The van der Waals surface area contributed by atoms with Gasteiger partial charge in [-0.1, -0.05) is 12.1 Å². The Labute approximate surface area is 95.6 Å². The van der Waals surface area contributed by atoms with Crippen LogP contribution in [0.4, 0.5) is 22.0 Å². The van der Waals surface area contributed by atoms with Crippen molar-refractivity contribution in [3.63, 3.8) is 0 Å². The second-order valence-corrected chi connectivity index (χ2v) is 3.64. The number of hydrogen-bond donors (Lipinski definition) is 1. The van der Waals surface area contributed by atoms with Crippen molar-refractivity contribution in [2.75, 3.05) is 13.6 Å². The lowest BCUT2D eigenvalue weighted by atomic mass is 10.0. The molecule has 0 heterocycles. The third-order valence-electron chi connectivity index (χ3n) is 2.30. The first kappa shape index (κ1) is 13.9. The van der Waals surface area contributed by atoms with Crippen LogP contribution in [-0.4, -0.2) is 13.6 Å². The van der Waals surface area contributed by atoms with E-state index in [4.69, 9.17) is 0 Å². The minimum atomic E-state index is -4.60. The Morgan fingerprint density at radius 2 is 1.65 bits per heavy atom. The first-order chi connectivity index (χ1) is 7.77. The van der Waals surface area contributed by atoms with Crippen molar-refractivity contribution < 1.29 is 22.0 Å². The second kappa shape index (κ2) is 5.00. The van der Waals surface area contributed by atoms with Gasteiger partial charge in [0.25, 0.3) is 5.92 Å². The van der Waals surface area contributed by atoms with Crippen molar-refractivity contribution in [2.24, 2.45) is 0 Å². The zero-order chi connectivity index (χ0) is 13.1. The van der Waals surface area contributed by atoms with Crippen LogP contribution in [0.2, 0.25) is 0 Å². The molecule has 0 bridgehead atoms. The molecule has 17 heavy (non-hydrogen) atoms. The van der Waals surface area contributed by atoms with E-state index in [0.29, 0.717) is 6.07 Å². The number of hydrogen-bond acceptors (Lipinski definition) is 1. The molecule has 1 aromatic rings. The Morgan fingerprint density at radius 1 is 1.06 bits per heavy atom. The van der Waals surface area contributed by atoms with Crippen LogP contribution >= 0.6 is 0 Å². The highest BCUT2D eigenvalue weighted by atomic mass is 19.4. The molecule has 0 aliphatic rings. The first-order valence-corrected chi connectivity index (χ1v) is 4.97. The number of nitrogens with one attached hydrogen (secondary N) is 1. The molecule has 0 atom stereocenters. The molecule has 1 aromatic carbocycles. The van der Waals surface area contributed by atoms with Gasteiger partial charge in [-0.15, -0.1) is 0 Å². The molecule has 1 rings (SSSR count). The topological polar surface area (TPSA) is 12.0 Å². The van der Waals surface area contributed by atoms with Gasteiger partial charge in [-0.3, -0.25) is 0 Å². The van der Waals surface area contributed by atoms with E-state index in [9.17, 15) is 22.0 Å². The van der Waals surface area contributed by atoms with Crippen molar-refractivity contribution in [1.82, 2.24) is 5.32 Å². The number of rotatable bonds is 4. The van der Waals surface area contributed by atoms with E-state index >= 15 is 0 Å². The Bertz CT molecular complexity index is 372. The highest BCUT2D eigenvalue weighted by Gasteiger charge is 2.35. The first-order valence-electron chi connectivity index (χ1n) is 4.97. The molecule has 0 aliphatic carbocycles. The minimum Gasteiger partial charge on any atom is -0.320 e. The summed E-state index contributed by atoms with van der Waals surface area (Å²) in [6, 6.07) is 3.27. The maximum atomic E-state index is 13.5. The van der Waals surface area contributed by atoms with E-state index in [1.54, 1.807) is 0 Å². The van der Waals surface area contributed by atoms with Crippen LogP contribution in [0.1, 0.15) is 17.5 Å². The molecule has 6 heteroatoms. The lowest BCUT2D eigenvalue weighted by molar-refractivity contribution is -0.137. The SMILES string of the molecule is CNCCC(F)(F)c1cccc(C(F)(F)F)c1. The third kappa shape index (κ3) is 3.66. The summed E-state index contributed by atoms with van der Waals surface area (Å²) in [6.07, 6.45) is -5.14.